The molecule has 1 aromatic carbocycles. The summed E-state index contributed by atoms with van der Waals surface area (Å²) < 4.78 is 0. The summed E-state index contributed by atoms with van der Waals surface area (Å²) in [4.78, 5) is 11.0. The van der Waals surface area contributed by atoms with E-state index in [-0.39, 0.29) is 5.41 Å². The van der Waals surface area contributed by atoms with Crippen LogP contribution in [0.15, 0.2) is 18.2 Å². The summed E-state index contributed by atoms with van der Waals surface area (Å²) in [6, 6.07) is 5.70. The number of carboxylic acid groups (broad SMARTS) is 1. The van der Waals surface area contributed by atoms with Crippen molar-refractivity contribution in [3.63, 3.8) is 0 Å². The van der Waals surface area contributed by atoms with Gasteiger partial charge < -0.3 is 10.4 Å². The molecule has 1 fully saturated rings. The zero-order valence-corrected chi connectivity index (χ0v) is 11.3. The van der Waals surface area contributed by atoms with Crippen LogP contribution in [0.4, 0.5) is 5.69 Å². The Bertz CT molecular complexity index is 466. The van der Waals surface area contributed by atoms with Crippen LogP contribution in [-0.2, 0) is 0 Å². The maximum atomic E-state index is 11.0. The van der Waals surface area contributed by atoms with E-state index in [1.165, 1.54) is 12.8 Å². The molecule has 2 N–H and O–H groups in total. The molecule has 0 radical (unpaired) electrons. The van der Waals surface area contributed by atoms with Gasteiger partial charge in [0.1, 0.15) is 0 Å². The number of carboxylic acids is 1. The average molecular weight is 247 g/mol. The molecule has 0 aliphatic heterocycles. The third kappa shape index (κ3) is 2.50. The molecule has 0 aromatic heterocycles. The maximum absolute atomic E-state index is 11.0. The highest BCUT2D eigenvalue weighted by molar-refractivity contribution is 5.89. The zero-order valence-electron chi connectivity index (χ0n) is 11.3. The number of nitrogens with one attached hydrogen (secondary N) is 1. The van der Waals surface area contributed by atoms with Gasteiger partial charge in [-0.25, -0.2) is 4.79 Å². The van der Waals surface area contributed by atoms with Gasteiger partial charge in [0.15, 0.2) is 0 Å². The molecule has 1 aromatic rings. The Morgan fingerprint density at radius 3 is 2.72 bits per heavy atom. The summed E-state index contributed by atoms with van der Waals surface area (Å²) in [5, 5.41) is 12.6. The van der Waals surface area contributed by atoms with Crippen molar-refractivity contribution >= 4 is 11.7 Å². The molecule has 0 amide bonds. The average Bonchev–Trinajstić information content (AvgIpc) is 2.61. The molecule has 1 aliphatic rings. The van der Waals surface area contributed by atoms with Crippen LogP contribution in [0.1, 0.15) is 49.0 Å². The Labute approximate surface area is 108 Å². The van der Waals surface area contributed by atoms with Gasteiger partial charge in [0.05, 0.1) is 5.56 Å². The molecule has 0 bridgehead atoms. The lowest BCUT2D eigenvalue weighted by atomic mass is 9.87. The summed E-state index contributed by atoms with van der Waals surface area (Å²) >= 11 is 0. The molecule has 0 saturated heterocycles. The van der Waals surface area contributed by atoms with Gasteiger partial charge in [0, 0.05) is 11.7 Å². The molecule has 2 rings (SSSR count). The van der Waals surface area contributed by atoms with E-state index in [0.717, 1.165) is 17.7 Å². The van der Waals surface area contributed by atoms with E-state index in [4.69, 9.17) is 5.11 Å². The molecule has 1 aliphatic carbocycles. The van der Waals surface area contributed by atoms with Crippen molar-refractivity contribution in [3.8, 4) is 0 Å². The van der Waals surface area contributed by atoms with Gasteiger partial charge in [0.2, 0.25) is 0 Å². The van der Waals surface area contributed by atoms with Gasteiger partial charge >= 0.3 is 5.97 Å². The first kappa shape index (κ1) is 12.9. The van der Waals surface area contributed by atoms with Crippen LogP contribution in [0.3, 0.4) is 0 Å². The molecule has 18 heavy (non-hydrogen) atoms. The van der Waals surface area contributed by atoms with Crippen LogP contribution in [0.2, 0.25) is 0 Å². The number of rotatable bonds is 3. The normalized spacial score (nSPS) is 21.8. The Balaban J connectivity index is 2.23. The van der Waals surface area contributed by atoms with Gasteiger partial charge in [-0.15, -0.1) is 0 Å². The minimum atomic E-state index is -0.872. The van der Waals surface area contributed by atoms with Crippen LogP contribution in [-0.4, -0.2) is 17.1 Å². The second-order valence-electron chi connectivity index (χ2n) is 5.91. The van der Waals surface area contributed by atoms with Crippen LogP contribution >= 0.6 is 0 Å². The summed E-state index contributed by atoms with van der Waals surface area (Å²) in [6.07, 6.45) is 3.62. The van der Waals surface area contributed by atoms with E-state index in [9.17, 15) is 4.79 Å². The number of hydrogen-bond acceptors (Lipinski definition) is 2. The highest BCUT2D eigenvalue weighted by Gasteiger charge is 2.34. The highest BCUT2D eigenvalue weighted by Crippen LogP contribution is 2.39. The van der Waals surface area contributed by atoms with Crippen molar-refractivity contribution in [1.82, 2.24) is 0 Å². The predicted octanol–water partition coefficient (Wildman–Crippen LogP) is 3.68. The summed E-state index contributed by atoms with van der Waals surface area (Å²) in [5.74, 6) is -0.872. The van der Waals surface area contributed by atoms with E-state index in [1.807, 2.05) is 13.0 Å². The van der Waals surface area contributed by atoms with Crippen molar-refractivity contribution in [1.29, 1.82) is 0 Å². The number of aryl methyl sites for hydroxylation is 1. The van der Waals surface area contributed by atoms with Crippen molar-refractivity contribution in [2.75, 3.05) is 5.32 Å². The monoisotopic (exact) mass is 247 g/mol. The first-order valence-corrected chi connectivity index (χ1v) is 6.50. The van der Waals surface area contributed by atoms with Gasteiger partial charge in [-0.3, -0.25) is 0 Å². The van der Waals surface area contributed by atoms with E-state index in [0.29, 0.717) is 11.6 Å². The molecule has 1 saturated carbocycles. The van der Waals surface area contributed by atoms with E-state index >= 15 is 0 Å². The molecule has 1 atom stereocenters. The second-order valence-corrected chi connectivity index (χ2v) is 5.91. The second kappa shape index (κ2) is 4.63. The lowest BCUT2D eigenvalue weighted by molar-refractivity contribution is 0.0697. The van der Waals surface area contributed by atoms with Crippen molar-refractivity contribution in [3.05, 3.63) is 29.3 Å². The molecule has 0 spiro atoms. The van der Waals surface area contributed by atoms with Crippen LogP contribution in [0.25, 0.3) is 0 Å². The lowest BCUT2D eigenvalue weighted by Crippen LogP contribution is -2.31. The Morgan fingerprint density at radius 1 is 1.44 bits per heavy atom. The Hall–Kier alpha value is -1.51. The summed E-state index contributed by atoms with van der Waals surface area (Å²) in [6.45, 7) is 6.55. The number of aromatic carboxylic acids is 1. The fourth-order valence-corrected chi connectivity index (χ4v) is 2.69. The van der Waals surface area contributed by atoms with Gasteiger partial charge in [-0.2, -0.15) is 0 Å². The van der Waals surface area contributed by atoms with E-state index in [1.54, 1.807) is 12.1 Å². The van der Waals surface area contributed by atoms with Crippen molar-refractivity contribution in [2.24, 2.45) is 5.41 Å². The molecular formula is C15H21NO2. The third-order valence-corrected chi connectivity index (χ3v) is 4.07. The fourth-order valence-electron chi connectivity index (χ4n) is 2.69. The Kier molecular flexibility index (Phi) is 3.33. The number of carbonyl (C=O) groups is 1. The summed E-state index contributed by atoms with van der Waals surface area (Å²) in [7, 11) is 0. The van der Waals surface area contributed by atoms with E-state index in [2.05, 4.69) is 19.2 Å². The fraction of sp³-hybridized carbons (Fsp3) is 0.533. The number of hydrogen-bond donors (Lipinski definition) is 2. The largest absolute Gasteiger partial charge is 0.478 e. The highest BCUT2D eigenvalue weighted by atomic mass is 16.4. The number of benzene rings is 1. The molecular weight excluding hydrogens is 226 g/mol. The van der Waals surface area contributed by atoms with Crippen LogP contribution in [0.5, 0.6) is 0 Å². The SMILES string of the molecule is Cc1ccc(C(=O)O)cc1NC1CCCC1(C)C. The smallest absolute Gasteiger partial charge is 0.335 e. The standard InChI is InChI=1S/C15H21NO2/c1-10-6-7-11(14(17)18)9-12(10)16-13-5-4-8-15(13,2)3/h6-7,9,13,16H,4-5,8H2,1-3H3,(H,17,18). The first-order valence-electron chi connectivity index (χ1n) is 6.50. The van der Waals surface area contributed by atoms with Crippen molar-refractivity contribution < 1.29 is 9.90 Å². The van der Waals surface area contributed by atoms with Crippen LogP contribution in [0, 0.1) is 12.3 Å². The minimum Gasteiger partial charge on any atom is -0.478 e. The first-order chi connectivity index (χ1) is 8.40. The molecule has 3 nitrogen and oxygen atoms in total. The molecule has 0 heterocycles. The molecule has 1 unspecified atom stereocenters. The minimum absolute atomic E-state index is 0.283. The molecule has 3 heteroatoms. The third-order valence-electron chi connectivity index (χ3n) is 4.07. The maximum Gasteiger partial charge on any atom is 0.335 e. The lowest BCUT2D eigenvalue weighted by Gasteiger charge is -2.29. The van der Waals surface area contributed by atoms with Gasteiger partial charge in [-0.05, 0) is 42.9 Å². The van der Waals surface area contributed by atoms with Gasteiger partial charge in [-0.1, -0.05) is 26.3 Å². The zero-order chi connectivity index (χ0) is 13.3. The quantitative estimate of drug-likeness (QED) is 0.856. The Morgan fingerprint density at radius 2 is 2.17 bits per heavy atom. The van der Waals surface area contributed by atoms with Crippen LogP contribution < -0.4 is 5.32 Å². The van der Waals surface area contributed by atoms with Gasteiger partial charge in [0.25, 0.3) is 0 Å². The predicted molar refractivity (Wildman–Crippen MR) is 73.2 cm³/mol. The van der Waals surface area contributed by atoms with Crippen molar-refractivity contribution in [2.45, 2.75) is 46.1 Å². The topological polar surface area (TPSA) is 49.3 Å². The summed E-state index contributed by atoms with van der Waals surface area (Å²) in [5.41, 5.74) is 2.68. The molecule has 98 valence electrons. The number of anilines is 1. The van der Waals surface area contributed by atoms with E-state index < -0.39 is 5.97 Å².